The number of hydrogen-bond donors (Lipinski definition) is 2. The van der Waals surface area contributed by atoms with Crippen LogP contribution in [0.3, 0.4) is 0 Å². The molecule has 1 atom stereocenters. The van der Waals surface area contributed by atoms with E-state index in [0.29, 0.717) is 25.1 Å². The van der Waals surface area contributed by atoms with Gasteiger partial charge in [0.2, 0.25) is 10.0 Å². The first-order valence-electron chi connectivity index (χ1n) is 6.00. The summed E-state index contributed by atoms with van der Waals surface area (Å²) < 4.78 is 26.0. The van der Waals surface area contributed by atoms with Crippen molar-refractivity contribution in [3.8, 4) is 0 Å². The van der Waals surface area contributed by atoms with Crippen LogP contribution < -0.4 is 5.73 Å². The number of anilines is 1. The summed E-state index contributed by atoms with van der Waals surface area (Å²) in [5.74, 6) is -1.57. The molecule has 1 heterocycles. The maximum absolute atomic E-state index is 12.4. The SMILES string of the molecule is Nc1ccc(S(=O)(=O)N2CCCC(C(=O)O)C2)cc1. The molecule has 0 amide bonds. The maximum Gasteiger partial charge on any atom is 0.307 e. The monoisotopic (exact) mass is 284 g/mol. The lowest BCUT2D eigenvalue weighted by molar-refractivity contribution is -0.142. The van der Waals surface area contributed by atoms with E-state index < -0.39 is 21.9 Å². The van der Waals surface area contributed by atoms with Crippen molar-refractivity contribution in [2.45, 2.75) is 17.7 Å². The van der Waals surface area contributed by atoms with Gasteiger partial charge in [-0.3, -0.25) is 4.79 Å². The fraction of sp³-hybridized carbons (Fsp3) is 0.417. The molecule has 0 aliphatic carbocycles. The van der Waals surface area contributed by atoms with Crippen LogP contribution in [0.5, 0.6) is 0 Å². The zero-order valence-corrected chi connectivity index (χ0v) is 11.1. The number of carboxylic acids is 1. The molecule has 0 aromatic heterocycles. The first-order valence-corrected chi connectivity index (χ1v) is 7.44. The number of carboxylic acid groups (broad SMARTS) is 1. The van der Waals surface area contributed by atoms with Crippen LogP contribution in [0.2, 0.25) is 0 Å². The molecular weight excluding hydrogens is 268 g/mol. The molecule has 3 N–H and O–H groups in total. The summed E-state index contributed by atoms with van der Waals surface area (Å²) >= 11 is 0. The van der Waals surface area contributed by atoms with E-state index in [1.165, 1.54) is 28.6 Å². The van der Waals surface area contributed by atoms with Gasteiger partial charge in [0.15, 0.2) is 0 Å². The molecule has 19 heavy (non-hydrogen) atoms. The van der Waals surface area contributed by atoms with Crippen molar-refractivity contribution in [3.63, 3.8) is 0 Å². The number of nitrogens with two attached hydrogens (primary N) is 1. The summed E-state index contributed by atoms with van der Waals surface area (Å²) in [6.45, 7) is 0.387. The highest BCUT2D eigenvalue weighted by Gasteiger charge is 2.33. The lowest BCUT2D eigenvalue weighted by Crippen LogP contribution is -2.42. The number of benzene rings is 1. The van der Waals surface area contributed by atoms with Crippen LogP contribution in [0.1, 0.15) is 12.8 Å². The van der Waals surface area contributed by atoms with E-state index in [-0.39, 0.29) is 11.4 Å². The molecule has 0 bridgehead atoms. The molecule has 0 saturated carbocycles. The topological polar surface area (TPSA) is 101 Å². The average molecular weight is 284 g/mol. The molecule has 1 aromatic rings. The Morgan fingerprint density at radius 2 is 1.95 bits per heavy atom. The van der Waals surface area contributed by atoms with Crippen LogP contribution in [0.15, 0.2) is 29.2 Å². The molecule has 1 aliphatic rings. The fourth-order valence-corrected chi connectivity index (χ4v) is 3.67. The lowest BCUT2D eigenvalue weighted by atomic mass is 10.0. The average Bonchev–Trinajstić information content (AvgIpc) is 2.39. The third-order valence-electron chi connectivity index (χ3n) is 3.25. The number of sulfonamides is 1. The summed E-state index contributed by atoms with van der Waals surface area (Å²) in [5, 5.41) is 8.99. The molecule has 6 nitrogen and oxygen atoms in total. The fourth-order valence-electron chi connectivity index (χ4n) is 2.15. The highest BCUT2D eigenvalue weighted by atomic mass is 32.2. The van der Waals surface area contributed by atoms with Gasteiger partial charge >= 0.3 is 5.97 Å². The van der Waals surface area contributed by atoms with Crippen LogP contribution in [-0.4, -0.2) is 36.9 Å². The highest BCUT2D eigenvalue weighted by molar-refractivity contribution is 7.89. The van der Waals surface area contributed by atoms with Crippen molar-refractivity contribution in [1.29, 1.82) is 0 Å². The van der Waals surface area contributed by atoms with Gasteiger partial charge in [0.25, 0.3) is 0 Å². The van der Waals surface area contributed by atoms with Crippen molar-refractivity contribution < 1.29 is 18.3 Å². The largest absolute Gasteiger partial charge is 0.481 e. The van der Waals surface area contributed by atoms with E-state index in [4.69, 9.17) is 10.8 Å². The molecule has 1 fully saturated rings. The molecule has 1 aliphatic heterocycles. The molecular formula is C12H16N2O4S. The van der Waals surface area contributed by atoms with Crippen LogP contribution >= 0.6 is 0 Å². The number of aliphatic carboxylic acids is 1. The van der Waals surface area contributed by atoms with Crippen LogP contribution in [0.4, 0.5) is 5.69 Å². The van der Waals surface area contributed by atoms with Crippen LogP contribution in [-0.2, 0) is 14.8 Å². The van der Waals surface area contributed by atoms with Crippen LogP contribution in [0.25, 0.3) is 0 Å². The molecule has 0 spiro atoms. The Labute approximate surface area is 111 Å². The summed E-state index contributed by atoms with van der Waals surface area (Å²) in [5.41, 5.74) is 6.01. The predicted molar refractivity (Wildman–Crippen MR) is 70.0 cm³/mol. The second-order valence-electron chi connectivity index (χ2n) is 4.61. The van der Waals surface area contributed by atoms with E-state index >= 15 is 0 Å². The second kappa shape index (κ2) is 5.18. The van der Waals surface area contributed by atoms with Gasteiger partial charge < -0.3 is 10.8 Å². The lowest BCUT2D eigenvalue weighted by Gasteiger charge is -2.29. The van der Waals surface area contributed by atoms with Gasteiger partial charge in [-0.25, -0.2) is 8.42 Å². The Hall–Kier alpha value is -1.60. The minimum atomic E-state index is -3.63. The number of piperidine rings is 1. The van der Waals surface area contributed by atoms with E-state index in [1.54, 1.807) is 0 Å². The van der Waals surface area contributed by atoms with Crippen molar-refractivity contribution in [1.82, 2.24) is 4.31 Å². The van der Waals surface area contributed by atoms with Gasteiger partial charge in [-0.2, -0.15) is 4.31 Å². The van der Waals surface area contributed by atoms with E-state index in [1.807, 2.05) is 0 Å². The van der Waals surface area contributed by atoms with E-state index in [0.717, 1.165) is 0 Å². The first-order chi connectivity index (χ1) is 8.91. The van der Waals surface area contributed by atoms with Gasteiger partial charge in [-0.1, -0.05) is 0 Å². The minimum Gasteiger partial charge on any atom is -0.481 e. The second-order valence-corrected chi connectivity index (χ2v) is 6.55. The van der Waals surface area contributed by atoms with Gasteiger partial charge in [-0.15, -0.1) is 0 Å². The third kappa shape index (κ3) is 2.87. The van der Waals surface area contributed by atoms with Crippen molar-refractivity contribution in [2.24, 2.45) is 5.92 Å². The number of nitrogens with zero attached hydrogens (tertiary/aromatic N) is 1. The van der Waals surface area contributed by atoms with Gasteiger partial charge in [0, 0.05) is 18.8 Å². The Bertz CT molecular complexity index is 568. The number of nitrogen functional groups attached to an aromatic ring is 1. The molecule has 2 rings (SSSR count). The molecule has 7 heteroatoms. The Morgan fingerprint density at radius 3 is 2.53 bits per heavy atom. The number of hydrogen-bond acceptors (Lipinski definition) is 4. The van der Waals surface area contributed by atoms with E-state index in [2.05, 4.69) is 0 Å². The quantitative estimate of drug-likeness (QED) is 0.798. The molecule has 1 aromatic carbocycles. The van der Waals surface area contributed by atoms with Gasteiger partial charge in [0.05, 0.1) is 10.8 Å². The standard InChI is InChI=1S/C12H16N2O4S/c13-10-3-5-11(6-4-10)19(17,18)14-7-1-2-9(8-14)12(15)16/h3-6,9H,1-2,7-8,13H2,(H,15,16). The van der Waals surface area contributed by atoms with Gasteiger partial charge in [-0.05, 0) is 37.1 Å². The summed E-state index contributed by atoms with van der Waals surface area (Å²) in [6, 6.07) is 5.92. The molecule has 1 unspecified atom stereocenters. The normalized spacial score (nSPS) is 21.2. The van der Waals surface area contributed by atoms with Crippen molar-refractivity contribution in [2.75, 3.05) is 18.8 Å². The Kier molecular flexibility index (Phi) is 3.77. The van der Waals surface area contributed by atoms with E-state index in [9.17, 15) is 13.2 Å². The smallest absolute Gasteiger partial charge is 0.307 e. The first kappa shape index (κ1) is 13.8. The number of rotatable bonds is 3. The summed E-state index contributed by atoms with van der Waals surface area (Å²) in [7, 11) is -3.63. The Morgan fingerprint density at radius 1 is 1.32 bits per heavy atom. The van der Waals surface area contributed by atoms with Crippen molar-refractivity contribution in [3.05, 3.63) is 24.3 Å². The molecule has 0 radical (unpaired) electrons. The summed E-state index contributed by atoms with van der Waals surface area (Å²) in [4.78, 5) is 11.1. The summed E-state index contributed by atoms with van der Waals surface area (Å²) in [6.07, 6.45) is 1.08. The zero-order valence-electron chi connectivity index (χ0n) is 10.3. The Balaban J connectivity index is 2.24. The van der Waals surface area contributed by atoms with Crippen molar-refractivity contribution >= 4 is 21.7 Å². The predicted octanol–water partition coefficient (Wildman–Crippen LogP) is 0.754. The molecule has 104 valence electrons. The van der Waals surface area contributed by atoms with Gasteiger partial charge in [0.1, 0.15) is 0 Å². The third-order valence-corrected chi connectivity index (χ3v) is 5.13. The van der Waals surface area contributed by atoms with Crippen LogP contribution in [0, 0.1) is 5.92 Å². The zero-order chi connectivity index (χ0) is 14.0. The minimum absolute atomic E-state index is 0.0298. The number of carbonyl (C=O) groups is 1. The maximum atomic E-state index is 12.4. The highest BCUT2D eigenvalue weighted by Crippen LogP contribution is 2.24. The molecule has 1 saturated heterocycles.